The minimum absolute atomic E-state index is 0.0968. The lowest BCUT2D eigenvalue weighted by Gasteiger charge is -2.21. The van der Waals surface area contributed by atoms with E-state index in [9.17, 15) is 14.3 Å². The first-order valence-corrected chi connectivity index (χ1v) is 7.67. The average molecular weight is 334 g/mol. The number of halogens is 1. The van der Waals surface area contributed by atoms with Crippen LogP contribution in [0.15, 0.2) is 24.4 Å². The average Bonchev–Trinajstić information content (AvgIpc) is 3.21. The van der Waals surface area contributed by atoms with Crippen LogP contribution in [-0.2, 0) is 4.74 Å². The molecule has 0 spiro atoms. The summed E-state index contributed by atoms with van der Waals surface area (Å²) in [4.78, 5) is 14.2. The van der Waals surface area contributed by atoms with Gasteiger partial charge < -0.3 is 14.7 Å². The number of likely N-dealkylation sites (tertiary alicyclic amines) is 1. The Balaban J connectivity index is 1.83. The molecule has 0 aliphatic carbocycles. The number of methoxy groups -OCH3 is 1. The normalized spacial score (nSPS) is 20.6. The first kappa shape index (κ1) is 16.5. The Morgan fingerprint density at radius 1 is 1.50 bits per heavy atom. The van der Waals surface area contributed by atoms with Gasteiger partial charge in [-0.15, -0.1) is 5.10 Å². The van der Waals surface area contributed by atoms with Crippen LogP contribution in [0, 0.1) is 12.7 Å². The Labute approximate surface area is 138 Å². The zero-order chi connectivity index (χ0) is 17.3. The van der Waals surface area contributed by atoms with E-state index in [4.69, 9.17) is 4.74 Å². The van der Waals surface area contributed by atoms with Crippen molar-refractivity contribution in [3.05, 3.63) is 41.5 Å². The third-order valence-electron chi connectivity index (χ3n) is 4.30. The molecule has 1 saturated heterocycles. The molecule has 0 radical (unpaired) electrons. The second kappa shape index (κ2) is 6.66. The van der Waals surface area contributed by atoms with E-state index in [0.29, 0.717) is 24.2 Å². The van der Waals surface area contributed by atoms with E-state index in [2.05, 4.69) is 10.3 Å². The molecular weight excluding hydrogens is 315 g/mol. The highest BCUT2D eigenvalue weighted by Gasteiger charge is 2.36. The summed E-state index contributed by atoms with van der Waals surface area (Å²) in [6.45, 7) is 2.03. The number of hydrogen-bond donors (Lipinski definition) is 1. The lowest BCUT2D eigenvalue weighted by atomic mass is 10.2. The Bertz CT molecular complexity index is 749. The van der Waals surface area contributed by atoms with Gasteiger partial charge in [0.15, 0.2) is 5.69 Å². The van der Waals surface area contributed by atoms with Crippen molar-refractivity contribution in [3.63, 3.8) is 0 Å². The summed E-state index contributed by atoms with van der Waals surface area (Å²) >= 11 is 0. The molecule has 1 fully saturated rings. The number of amides is 1. The van der Waals surface area contributed by atoms with Gasteiger partial charge in [-0.3, -0.25) is 4.79 Å². The maximum Gasteiger partial charge on any atom is 0.276 e. The SMILES string of the molecule is CO[C@H]1C[C@@H](CO)N(C(=O)c2cn(-c3ccc(F)cc3C)nn2)C1. The van der Waals surface area contributed by atoms with Crippen molar-refractivity contribution in [1.29, 1.82) is 0 Å². The standard InChI is InChI=1S/C16H19FN4O3/c1-10-5-11(17)3-4-15(10)21-8-14(18-19-21)16(23)20-7-13(24-2)6-12(20)9-22/h3-5,8,12-13,22H,6-7,9H2,1-2H3/t12-,13-/m0/s1. The molecule has 1 aliphatic rings. The molecule has 2 heterocycles. The number of benzene rings is 1. The molecule has 7 nitrogen and oxygen atoms in total. The summed E-state index contributed by atoms with van der Waals surface area (Å²) in [7, 11) is 1.58. The number of hydrogen-bond acceptors (Lipinski definition) is 5. The van der Waals surface area contributed by atoms with E-state index in [0.717, 1.165) is 0 Å². The van der Waals surface area contributed by atoms with Crippen LogP contribution in [0.25, 0.3) is 5.69 Å². The molecule has 1 aliphatic heterocycles. The number of aromatic nitrogens is 3. The lowest BCUT2D eigenvalue weighted by molar-refractivity contribution is 0.0642. The topological polar surface area (TPSA) is 80.5 Å². The van der Waals surface area contributed by atoms with Crippen LogP contribution in [0.2, 0.25) is 0 Å². The summed E-state index contributed by atoms with van der Waals surface area (Å²) in [5.41, 5.74) is 1.51. The van der Waals surface area contributed by atoms with Gasteiger partial charge in [-0.2, -0.15) is 0 Å². The highest BCUT2D eigenvalue weighted by molar-refractivity contribution is 5.92. The molecule has 24 heavy (non-hydrogen) atoms. The maximum atomic E-state index is 13.2. The molecule has 0 saturated carbocycles. The first-order valence-electron chi connectivity index (χ1n) is 7.67. The zero-order valence-corrected chi connectivity index (χ0v) is 13.5. The summed E-state index contributed by atoms with van der Waals surface area (Å²) in [5.74, 6) is -0.638. The summed E-state index contributed by atoms with van der Waals surface area (Å²) in [5, 5.41) is 17.4. The minimum Gasteiger partial charge on any atom is -0.394 e. The van der Waals surface area contributed by atoms with Gasteiger partial charge in [0.05, 0.1) is 30.6 Å². The summed E-state index contributed by atoms with van der Waals surface area (Å²) in [6.07, 6.45) is 2.00. The number of carbonyl (C=O) groups excluding carboxylic acids is 1. The Kier molecular flexibility index (Phi) is 4.59. The molecule has 2 atom stereocenters. The van der Waals surface area contributed by atoms with E-state index in [1.165, 1.54) is 23.0 Å². The largest absolute Gasteiger partial charge is 0.394 e. The maximum absolute atomic E-state index is 13.2. The molecule has 1 aromatic heterocycles. The van der Waals surface area contributed by atoms with Gasteiger partial charge in [0, 0.05) is 13.7 Å². The van der Waals surface area contributed by atoms with Gasteiger partial charge in [0.1, 0.15) is 5.82 Å². The number of ether oxygens (including phenoxy) is 1. The first-order chi connectivity index (χ1) is 11.5. The number of aliphatic hydroxyl groups is 1. The van der Waals surface area contributed by atoms with E-state index < -0.39 is 0 Å². The zero-order valence-electron chi connectivity index (χ0n) is 13.5. The Hall–Kier alpha value is -2.32. The summed E-state index contributed by atoms with van der Waals surface area (Å²) in [6, 6.07) is 4.02. The fourth-order valence-electron chi connectivity index (χ4n) is 2.97. The van der Waals surface area contributed by atoms with Crippen molar-refractivity contribution in [3.8, 4) is 5.69 Å². The summed E-state index contributed by atoms with van der Waals surface area (Å²) < 4.78 is 19.9. The molecule has 2 aromatic rings. The van der Waals surface area contributed by atoms with Crippen LogP contribution < -0.4 is 0 Å². The fraction of sp³-hybridized carbons (Fsp3) is 0.438. The number of aryl methyl sites for hydroxylation is 1. The van der Waals surface area contributed by atoms with Gasteiger partial charge in [0.25, 0.3) is 5.91 Å². The fourth-order valence-corrected chi connectivity index (χ4v) is 2.97. The van der Waals surface area contributed by atoms with Gasteiger partial charge in [-0.25, -0.2) is 9.07 Å². The Morgan fingerprint density at radius 2 is 2.29 bits per heavy atom. The van der Waals surface area contributed by atoms with Crippen LogP contribution in [-0.4, -0.2) is 63.3 Å². The lowest BCUT2D eigenvalue weighted by Crippen LogP contribution is -2.38. The predicted octanol–water partition coefficient (Wildman–Crippen LogP) is 0.937. The van der Waals surface area contributed by atoms with Crippen LogP contribution in [0.4, 0.5) is 4.39 Å². The molecule has 1 N–H and O–H groups in total. The van der Waals surface area contributed by atoms with Crippen molar-refractivity contribution in [2.75, 3.05) is 20.3 Å². The van der Waals surface area contributed by atoms with Gasteiger partial charge in [-0.05, 0) is 37.1 Å². The molecular formula is C16H19FN4O3. The van der Waals surface area contributed by atoms with Gasteiger partial charge >= 0.3 is 0 Å². The highest BCUT2D eigenvalue weighted by Crippen LogP contribution is 2.22. The molecule has 8 heteroatoms. The number of carbonyl (C=O) groups is 1. The third kappa shape index (κ3) is 3.02. The molecule has 1 amide bonds. The van der Waals surface area contributed by atoms with E-state index >= 15 is 0 Å². The number of nitrogens with zero attached hydrogens (tertiary/aromatic N) is 4. The molecule has 128 valence electrons. The monoisotopic (exact) mass is 334 g/mol. The molecule has 0 unspecified atom stereocenters. The quantitative estimate of drug-likeness (QED) is 0.900. The molecule has 0 bridgehead atoms. The second-order valence-electron chi connectivity index (χ2n) is 5.87. The molecule has 1 aromatic carbocycles. The van der Waals surface area contributed by atoms with E-state index in [1.54, 1.807) is 25.0 Å². The highest BCUT2D eigenvalue weighted by atomic mass is 19.1. The van der Waals surface area contributed by atoms with E-state index in [-0.39, 0.29) is 36.2 Å². The smallest absolute Gasteiger partial charge is 0.276 e. The van der Waals surface area contributed by atoms with Crippen LogP contribution >= 0.6 is 0 Å². The van der Waals surface area contributed by atoms with Crippen LogP contribution in [0.3, 0.4) is 0 Å². The van der Waals surface area contributed by atoms with Crippen molar-refractivity contribution < 1.29 is 19.0 Å². The third-order valence-corrected chi connectivity index (χ3v) is 4.30. The number of rotatable bonds is 4. The van der Waals surface area contributed by atoms with E-state index in [1.807, 2.05) is 0 Å². The van der Waals surface area contributed by atoms with Crippen LogP contribution in [0.5, 0.6) is 0 Å². The van der Waals surface area contributed by atoms with Crippen molar-refractivity contribution in [2.45, 2.75) is 25.5 Å². The minimum atomic E-state index is -0.332. The van der Waals surface area contributed by atoms with Crippen molar-refractivity contribution >= 4 is 5.91 Å². The van der Waals surface area contributed by atoms with Crippen LogP contribution in [0.1, 0.15) is 22.5 Å². The van der Waals surface area contributed by atoms with Gasteiger partial charge in [-0.1, -0.05) is 5.21 Å². The van der Waals surface area contributed by atoms with Gasteiger partial charge in [0.2, 0.25) is 0 Å². The predicted molar refractivity (Wildman–Crippen MR) is 83.4 cm³/mol. The second-order valence-corrected chi connectivity index (χ2v) is 5.87. The van der Waals surface area contributed by atoms with Crippen molar-refractivity contribution in [2.24, 2.45) is 0 Å². The molecule has 3 rings (SSSR count). The Morgan fingerprint density at radius 3 is 2.96 bits per heavy atom. The van der Waals surface area contributed by atoms with Crippen molar-refractivity contribution in [1.82, 2.24) is 19.9 Å². The number of aliphatic hydroxyl groups excluding tert-OH is 1.